The second-order valence-electron chi connectivity index (χ2n) is 9.11. The Hall–Kier alpha value is -3.93. The van der Waals surface area contributed by atoms with Crippen LogP contribution in [0.1, 0.15) is 74.3 Å². The topological polar surface area (TPSA) is 81.4 Å². The lowest BCUT2D eigenvalue weighted by molar-refractivity contribution is -0.143. The number of benzene rings is 3. The van der Waals surface area contributed by atoms with E-state index in [2.05, 4.69) is 41.5 Å². The fourth-order valence-electron chi connectivity index (χ4n) is 4.31. The molecule has 192 valence electrons. The summed E-state index contributed by atoms with van der Waals surface area (Å²) in [5.41, 5.74) is 5.39. The van der Waals surface area contributed by atoms with Gasteiger partial charge >= 0.3 is 5.97 Å². The van der Waals surface area contributed by atoms with Gasteiger partial charge in [0.2, 0.25) is 5.89 Å². The average molecular weight is 499 g/mol. The number of nitrogens with zero attached hydrogens (tertiary/aromatic N) is 1. The van der Waals surface area contributed by atoms with Crippen LogP contribution in [0.25, 0.3) is 22.6 Å². The molecule has 6 nitrogen and oxygen atoms in total. The molecule has 0 aliphatic carbocycles. The quantitative estimate of drug-likeness (QED) is 0.150. The first-order valence-corrected chi connectivity index (χ1v) is 13.1. The summed E-state index contributed by atoms with van der Waals surface area (Å²) in [7, 11) is 0. The van der Waals surface area contributed by atoms with Crippen molar-refractivity contribution in [1.82, 2.24) is 4.98 Å². The highest BCUT2D eigenvalue weighted by Crippen LogP contribution is 2.29. The van der Waals surface area contributed by atoms with Gasteiger partial charge in [0.05, 0.1) is 12.6 Å². The molecule has 1 atom stereocenters. The first kappa shape index (κ1) is 26.1. The van der Waals surface area contributed by atoms with Gasteiger partial charge in [0.15, 0.2) is 11.4 Å². The molecular weight excluding hydrogens is 464 g/mol. The van der Waals surface area contributed by atoms with Crippen LogP contribution in [0, 0.1) is 0 Å². The highest BCUT2D eigenvalue weighted by Gasteiger charge is 2.14. The molecule has 4 rings (SSSR count). The van der Waals surface area contributed by atoms with Gasteiger partial charge < -0.3 is 14.5 Å². The second kappa shape index (κ2) is 12.9. The van der Waals surface area contributed by atoms with Crippen LogP contribution < -0.4 is 5.32 Å². The molecule has 4 aromatic rings. The summed E-state index contributed by atoms with van der Waals surface area (Å²) < 4.78 is 10.8. The predicted molar refractivity (Wildman–Crippen MR) is 147 cm³/mol. The van der Waals surface area contributed by atoms with E-state index >= 15 is 0 Å². The maximum Gasteiger partial charge on any atom is 0.305 e. The Morgan fingerprint density at radius 3 is 2.38 bits per heavy atom. The zero-order chi connectivity index (χ0) is 26.0. The van der Waals surface area contributed by atoms with Crippen molar-refractivity contribution in [2.24, 2.45) is 0 Å². The Kier molecular flexibility index (Phi) is 9.08. The van der Waals surface area contributed by atoms with Crippen molar-refractivity contribution >= 4 is 28.5 Å². The van der Waals surface area contributed by atoms with Gasteiger partial charge in [-0.15, -0.1) is 0 Å². The van der Waals surface area contributed by atoms with Crippen LogP contribution in [0.4, 0.5) is 5.69 Å². The van der Waals surface area contributed by atoms with E-state index in [0.717, 1.165) is 41.6 Å². The van der Waals surface area contributed by atoms with Crippen molar-refractivity contribution < 1.29 is 18.7 Å². The lowest BCUT2D eigenvalue weighted by Crippen LogP contribution is -2.11. The number of oxazole rings is 1. The summed E-state index contributed by atoms with van der Waals surface area (Å²) in [5, 5.41) is 3.64. The third-order valence-electron chi connectivity index (χ3n) is 6.34. The zero-order valence-corrected chi connectivity index (χ0v) is 21.5. The number of para-hydroxylation sites is 2. The summed E-state index contributed by atoms with van der Waals surface area (Å²) in [6.45, 7) is 4.33. The second-order valence-corrected chi connectivity index (χ2v) is 9.11. The standard InChI is InChI=1S/C31H34N2O4/c1-3-5-9-26(22-14-16-24(17-15-22)31-33-27-10-6-7-12-29(27)37-31)32-25-20-18-23(19-21-25)28(34)11-8-13-30(35)36-4-2/h6-7,10,12,14-21,26,32H,3-5,8-9,11,13H2,1-2H3/t26-/m0/s1. The molecule has 0 fully saturated rings. The van der Waals surface area contributed by atoms with Gasteiger partial charge in [-0.3, -0.25) is 9.59 Å². The molecule has 1 heterocycles. The van der Waals surface area contributed by atoms with E-state index in [0.29, 0.717) is 30.9 Å². The lowest BCUT2D eigenvalue weighted by Gasteiger charge is -2.21. The highest BCUT2D eigenvalue weighted by molar-refractivity contribution is 5.96. The average Bonchev–Trinajstić information content (AvgIpc) is 3.36. The number of fused-ring (bicyclic) bond motifs is 1. The smallest absolute Gasteiger partial charge is 0.305 e. The van der Waals surface area contributed by atoms with Gasteiger partial charge in [0, 0.05) is 29.7 Å². The maximum atomic E-state index is 12.5. The molecule has 0 saturated heterocycles. The first-order valence-electron chi connectivity index (χ1n) is 13.1. The molecule has 37 heavy (non-hydrogen) atoms. The van der Waals surface area contributed by atoms with E-state index in [1.165, 1.54) is 5.56 Å². The van der Waals surface area contributed by atoms with Crippen LogP contribution in [0.2, 0.25) is 0 Å². The van der Waals surface area contributed by atoms with Gasteiger partial charge in [-0.25, -0.2) is 4.98 Å². The molecule has 0 aliphatic rings. The number of esters is 1. The highest BCUT2D eigenvalue weighted by atomic mass is 16.5. The maximum absolute atomic E-state index is 12.5. The Morgan fingerprint density at radius 2 is 1.68 bits per heavy atom. The number of rotatable bonds is 13. The number of hydrogen-bond acceptors (Lipinski definition) is 6. The molecule has 0 radical (unpaired) electrons. The van der Waals surface area contributed by atoms with Crippen LogP contribution in [-0.4, -0.2) is 23.3 Å². The van der Waals surface area contributed by atoms with Gasteiger partial charge in [-0.1, -0.05) is 44.0 Å². The number of ketones is 1. The van der Waals surface area contributed by atoms with Crippen LogP contribution >= 0.6 is 0 Å². The van der Waals surface area contributed by atoms with Crippen LogP contribution in [0.5, 0.6) is 0 Å². The number of carbonyl (C=O) groups excluding carboxylic acids is 2. The number of nitrogens with one attached hydrogen (secondary N) is 1. The van der Waals surface area contributed by atoms with Crippen LogP contribution in [-0.2, 0) is 9.53 Å². The van der Waals surface area contributed by atoms with E-state index < -0.39 is 0 Å². The number of aromatic nitrogens is 1. The summed E-state index contributed by atoms with van der Waals surface area (Å²) in [4.78, 5) is 28.6. The minimum atomic E-state index is -0.255. The number of ether oxygens (including phenoxy) is 1. The summed E-state index contributed by atoms with van der Waals surface area (Å²) >= 11 is 0. The summed E-state index contributed by atoms with van der Waals surface area (Å²) in [5.74, 6) is 0.399. The Labute approximate surface area is 218 Å². The van der Waals surface area contributed by atoms with Crippen molar-refractivity contribution in [2.75, 3.05) is 11.9 Å². The van der Waals surface area contributed by atoms with Gasteiger partial charge in [-0.05, 0) is 73.9 Å². The predicted octanol–water partition coefficient (Wildman–Crippen LogP) is 7.75. The first-order chi connectivity index (χ1) is 18.1. The SMILES string of the molecule is CCCC[C@H](Nc1ccc(C(=O)CCCC(=O)OCC)cc1)c1ccc(-c2nc3ccccc3o2)cc1. The number of carbonyl (C=O) groups is 2. The molecule has 0 aliphatic heterocycles. The largest absolute Gasteiger partial charge is 0.466 e. The monoisotopic (exact) mass is 498 g/mol. The van der Waals surface area contributed by atoms with Crippen molar-refractivity contribution in [3.8, 4) is 11.5 Å². The number of Topliss-reactive ketones (excluding diaryl/α,β-unsaturated/α-hetero) is 1. The molecule has 0 unspecified atom stereocenters. The summed E-state index contributed by atoms with van der Waals surface area (Å²) in [6, 6.07) is 23.9. The van der Waals surface area contributed by atoms with Gasteiger partial charge in [0.1, 0.15) is 5.52 Å². The molecule has 1 aromatic heterocycles. The fourth-order valence-corrected chi connectivity index (χ4v) is 4.31. The fraction of sp³-hybridized carbons (Fsp3) is 0.323. The number of hydrogen-bond donors (Lipinski definition) is 1. The van der Waals surface area contributed by atoms with Crippen molar-refractivity contribution in [1.29, 1.82) is 0 Å². The van der Waals surface area contributed by atoms with E-state index in [9.17, 15) is 9.59 Å². The van der Waals surface area contributed by atoms with E-state index in [-0.39, 0.29) is 24.2 Å². The molecule has 0 amide bonds. The van der Waals surface area contributed by atoms with Crippen molar-refractivity contribution in [3.63, 3.8) is 0 Å². The van der Waals surface area contributed by atoms with E-state index in [1.807, 2.05) is 48.5 Å². The van der Waals surface area contributed by atoms with Crippen LogP contribution in [0.15, 0.2) is 77.2 Å². The molecule has 0 bridgehead atoms. The Morgan fingerprint density at radius 1 is 0.919 bits per heavy atom. The number of unbranched alkanes of at least 4 members (excludes halogenated alkanes) is 1. The lowest BCUT2D eigenvalue weighted by atomic mass is 9.99. The normalized spacial score (nSPS) is 11.8. The molecular formula is C31H34N2O4. The third-order valence-corrected chi connectivity index (χ3v) is 6.34. The van der Waals surface area contributed by atoms with E-state index in [1.54, 1.807) is 6.92 Å². The van der Waals surface area contributed by atoms with Crippen LogP contribution in [0.3, 0.4) is 0 Å². The third kappa shape index (κ3) is 7.06. The molecule has 3 aromatic carbocycles. The molecule has 0 saturated carbocycles. The van der Waals surface area contributed by atoms with Crippen molar-refractivity contribution in [3.05, 3.63) is 83.9 Å². The van der Waals surface area contributed by atoms with Gasteiger partial charge in [-0.2, -0.15) is 0 Å². The number of anilines is 1. The minimum absolute atomic E-state index is 0.0353. The zero-order valence-electron chi connectivity index (χ0n) is 21.5. The molecule has 1 N–H and O–H groups in total. The van der Waals surface area contributed by atoms with Crippen molar-refractivity contribution in [2.45, 2.75) is 58.4 Å². The Bertz CT molecular complexity index is 1280. The minimum Gasteiger partial charge on any atom is -0.466 e. The summed E-state index contributed by atoms with van der Waals surface area (Å²) in [6.07, 6.45) is 4.30. The van der Waals surface area contributed by atoms with E-state index in [4.69, 9.17) is 9.15 Å². The Balaban J connectivity index is 1.40. The van der Waals surface area contributed by atoms with Gasteiger partial charge in [0.25, 0.3) is 0 Å². The molecule has 0 spiro atoms. The molecule has 6 heteroatoms.